The normalized spacial score (nSPS) is 17.9. The lowest BCUT2D eigenvalue weighted by Crippen LogP contribution is -2.58. The highest BCUT2D eigenvalue weighted by molar-refractivity contribution is 5.97. The van der Waals surface area contributed by atoms with Crippen LogP contribution in [0.1, 0.15) is 31.4 Å². The number of carboxylic acids is 3. The van der Waals surface area contributed by atoms with Crippen LogP contribution < -0.4 is 16.4 Å². The van der Waals surface area contributed by atoms with E-state index in [0.717, 1.165) is 4.90 Å². The van der Waals surface area contributed by atoms with Gasteiger partial charge in [-0.05, 0) is 12.8 Å². The average molecular weight is 482 g/mol. The Morgan fingerprint density at radius 1 is 1.06 bits per heavy atom. The van der Waals surface area contributed by atoms with E-state index >= 15 is 0 Å². The molecule has 15 heteroatoms. The fourth-order valence-corrected chi connectivity index (χ4v) is 3.52. The summed E-state index contributed by atoms with van der Waals surface area (Å²) in [5.41, 5.74) is 6.32. The van der Waals surface area contributed by atoms with E-state index in [0.29, 0.717) is 12.1 Å². The number of aromatic nitrogens is 2. The molecule has 34 heavy (non-hydrogen) atoms. The summed E-state index contributed by atoms with van der Waals surface area (Å²) in [7, 11) is 0. The minimum Gasteiger partial charge on any atom is -0.481 e. The zero-order valence-electron chi connectivity index (χ0n) is 18.0. The standard InChI is InChI=1S/C19H26N6O9/c20-10(4-9-7-21-8-22-9)16(30)23-11(5-14(26)27)17(31)24-12(6-15(28)29)18(32)25-3-1-2-13(25)19(33)34/h7-8,10-13H,1-6,20H2,(H,21,22)(H,23,30)(H,24,31)(H,26,27)(H,28,29)(H,33,34). The molecule has 8 N–H and O–H groups in total. The SMILES string of the molecule is NC(Cc1cnc[nH]1)C(=O)NC(CC(=O)O)C(=O)NC(CC(=O)O)C(=O)N1CCCC1C(=O)O. The topological polar surface area (TPSA) is 245 Å². The number of likely N-dealkylation sites (tertiary alicyclic amines) is 1. The molecule has 0 radical (unpaired) electrons. The average Bonchev–Trinajstić information content (AvgIpc) is 3.43. The molecule has 3 amide bonds. The van der Waals surface area contributed by atoms with Crippen molar-refractivity contribution >= 4 is 35.6 Å². The van der Waals surface area contributed by atoms with Crippen LogP contribution in [0.15, 0.2) is 12.5 Å². The van der Waals surface area contributed by atoms with E-state index < -0.39 is 72.6 Å². The lowest BCUT2D eigenvalue weighted by molar-refractivity contribution is -0.151. The minimum atomic E-state index is -1.67. The van der Waals surface area contributed by atoms with E-state index in [2.05, 4.69) is 20.6 Å². The van der Waals surface area contributed by atoms with Crippen LogP contribution >= 0.6 is 0 Å². The highest BCUT2D eigenvalue weighted by atomic mass is 16.4. The Kier molecular flexibility index (Phi) is 9.06. The van der Waals surface area contributed by atoms with Gasteiger partial charge in [0.1, 0.15) is 18.1 Å². The van der Waals surface area contributed by atoms with E-state index in [4.69, 9.17) is 15.9 Å². The Morgan fingerprint density at radius 3 is 2.24 bits per heavy atom. The summed E-state index contributed by atoms with van der Waals surface area (Å²) in [6, 6.07) is -5.68. The summed E-state index contributed by atoms with van der Waals surface area (Å²) in [4.78, 5) is 79.4. The summed E-state index contributed by atoms with van der Waals surface area (Å²) in [5.74, 6) is -7.09. The van der Waals surface area contributed by atoms with Gasteiger partial charge in [0.05, 0.1) is 25.2 Å². The molecular weight excluding hydrogens is 456 g/mol. The smallest absolute Gasteiger partial charge is 0.326 e. The molecular formula is C19H26N6O9. The van der Waals surface area contributed by atoms with Gasteiger partial charge in [-0.25, -0.2) is 9.78 Å². The Bertz CT molecular complexity index is 935. The maximum Gasteiger partial charge on any atom is 0.326 e. The number of rotatable bonds is 12. The highest BCUT2D eigenvalue weighted by Gasteiger charge is 2.39. The van der Waals surface area contributed by atoms with E-state index in [1.54, 1.807) is 0 Å². The van der Waals surface area contributed by atoms with Crippen LogP contribution in [0.3, 0.4) is 0 Å². The molecule has 1 aliphatic rings. The minimum absolute atomic E-state index is 0.0128. The number of aliphatic carboxylic acids is 3. The number of aromatic amines is 1. The molecule has 4 unspecified atom stereocenters. The first-order chi connectivity index (χ1) is 16.0. The predicted molar refractivity (Wildman–Crippen MR) is 111 cm³/mol. The number of carboxylic acid groups (broad SMARTS) is 3. The van der Waals surface area contributed by atoms with E-state index in [1.165, 1.54) is 12.5 Å². The van der Waals surface area contributed by atoms with Crippen LogP contribution in [0.4, 0.5) is 0 Å². The second-order valence-corrected chi connectivity index (χ2v) is 7.73. The molecule has 0 spiro atoms. The van der Waals surface area contributed by atoms with Crippen molar-refractivity contribution in [2.45, 2.75) is 56.3 Å². The van der Waals surface area contributed by atoms with Gasteiger partial charge in [-0.1, -0.05) is 0 Å². The van der Waals surface area contributed by atoms with Crippen LogP contribution in [0.25, 0.3) is 0 Å². The summed E-state index contributed by atoms with van der Waals surface area (Å²) in [5, 5.41) is 31.9. The molecule has 2 rings (SSSR count). The monoisotopic (exact) mass is 482 g/mol. The largest absolute Gasteiger partial charge is 0.481 e. The summed E-state index contributed by atoms with van der Waals surface area (Å²) in [6.45, 7) is 0.0551. The number of nitrogens with one attached hydrogen (secondary N) is 3. The molecule has 0 bridgehead atoms. The Morgan fingerprint density at radius 2 is 1.68 bits per heavy atom. The lowest BCUT2D eigenvalue weighted by atomic mass is 10.1. The van der Waals surface area contributed by atoms with Gasteiger partial charge >= 0.3 is 17.9 Å². The van der Waals surface area contributed by atoms with Gasteiger partial charge in [-0.3, -0.25) is 24.0 Å². The molecule has 0 saturated carbocycles. The van der Waals surface area contributed by atoms with Crippen LogP contribution in [0.2, 0.25) is 0 Å². The second kappa shape index (κ2) is 11.7. The predicted octanol–water partition coefficient (Wildman–Crippen LogP) is -2.73. The Balaban J connectivity index is 2.13. The third-order valence-corrected chi connectivity index (χ3v) is 5.16. The molecule has 0 aromatic carbocycles. The summed E-state index contributed by atoms with van der Waals surface area (Å²) in [6.07, 6.45) is 1.61. The van der Waals surface area contributed by atoms with Gasteiger partial charge < -0.3 is 41.6 Å². The molecule has 1 aromatic rings. The number of amides is 3. The molecule has 186 valence electrons. The molecule has 15 nitrogen and oxygen atoms in total. The zero-order valence-corrected chi connectivity index (χ0v) is 18.0. The van der Waals surface area contributed by atoms with Gasteiger partial charge in [0.15, 0.2) is 0 Å². The van der Waals surface area contributed by atoms with Crippen LogP contribution in [0.5, 0.6) is 0 Å². The molecule has 0 aliphatic carbocycles. The highest BCUT2D eigenvalue weighted by Crippen LogP contribution is 2.19. The number of hydrogen-bond acceptors (Lipinski definition) is 8. The van der Waals surface area contributed by atoms with Gasteiger partial charge in [-0.2, -0.15) is 0 Å². The first kappa shape index (κ1) is 26.2. The third kappa shape index (κ3) is 7.26. The van der Waals surface area contributed by atoms with Gasteiger partial charge in [-0.15, -0.1) is 0 Å². The molecule has 1 fully saturated rings. The van der Waals surface area contributed by atoms with Crippen molar-refractivity contribution in [1.82, 2.24) is 25.5 Å². The Hall–Kier alpha value is -4.01. The van der Waals surface area contributed by atoms with Gasteiger partial charge in [0.2, 0.25) is 17.7 Å². The first-order valence-electron chi connectivity index (χ1n) is 10.3. The van der Waals surface area contributed by atoms with Crippen molar-refractivity contribution in [3.8, 4) is 0 Å². The van der Waals surface area contributed by atoms with Crippen molar-refractivity contribution in [3.63, 3.8) is 0 Å². The number of hydrogen-bond donors (Lipinski definition) is 7. The van der Waals surface area contributed by atoms with Crippen molar-refractivity contribution < 1.29 is 44.1 Å². The lowest BCUT2D eigenvalue weighted by Gasteiger charge is -2.28. The summed E-state index contributed by atoms with van der Waals surface area (Å²) >= 11 is 0. The van der Waals surface area contributed by atoms with Crippen LogP contribution in [-0.4, -0.2) is 96.5 Å². The molecule has 1 aromatic heterocycles. The number of nitrogens with zero attached hydrogens (tertiary/aromatic N) is 2. The second-order valence-electron chi connectivity index (χ2n) is 7.73. The number of nitrogens with two attached hydrogens (primary N) is 1. The number of H-pyrrole nitrogens is 1. The maximum absolute atomic E-state index is 12.8. The number of carbonyl (C=O) groups is 6. The van der Waals surface area contributed by atoms with E-state index in [9.17, 15) is 33.9 Å². The molecule has 2 heterocycles. The van der Waals surface area contributed by atoms with Crippen molar-refractivity contribution in [3.05, 3.63) is 18.2 Å². The first-order valence-corrected chi connectivity index (χ1v) is 10.3. The number of imidazole rings is 1. The van der Waals surface area contributed by atoms with Crippen LogP contribution in [0, 0.1) is 0 Å². The van der Waals surface area contributed by atoms with Crippen molar-refractivity contribution in [1.29, 1.82) is 0 Å². The molecule has 1 aliphatic heterocycles. The quantitative estimate of drug-likeness (QED) is 0.161. The van der Waals surface area contributed by atoms with Crippen LogP contribution in [-0.2, 0) is 35.2 Å². The molecule has 1 saturated heterocycles. The van der Waals surface area contributed by atoms with Gasteiger partial charge in [0, 0.05) is 24.9 Å². The van der Waals surface area contributed by atoms with Crippen molar-refractivity contribution in [2.75, 3.05) is 6.54 Å². The third-order valence-electron chi connectivity index (χ3n) is 5.16. The zero-order chi connectivity index (χ0) is 25.4. The fraction of sp³-hybridized carbons (Fsp3) is 0.526. The van der Waals surface area contributed by atoms with Crippen molar-refractivity contribution in [2.24, 2.45) is 5.73 Å². The van der Waals surface area contributed by atoms with E-state index in [1.807, 2.05) is 0 Å². The Labute approximate surface area is 192 Å². The molecule has 4 atom stereocenters. The fourth-order valence-electron chi connectivity index (χ4n) is 3.52. The number of carbonyl (C=O) groups excluding carboxylic acids is 3. The maximum atomic E-state index is 12.8. The van der Waals surface area contributed by atoms with E-state index in [-0.39, 0.29) is 19.4 Å². The van der Waals surface area contributed by atoms with Gasteiger partial charge in [0.25, 0.3) is 0 Å². The summed E-state index contributed by atoms with van der Waals surface area (Å²) < 4.78 is 0.